The van der Waals surface area contributed by atoms with Gasteiger partial charge in [-0.05, 0) is 32.4 Å². The van der Waals surface area contributed by atoms with E-state index in [1.54, 1.807) is 11.0 Å². The summed E-state index contributed by atoms with van der Waals surface area (Å²) in [4.78, 5) is 37.4. The number of rotatable bonds is 3. The highest BCUT2D eigenvalue weighted by Gasteiger charge is 2.39. The van der Waals surface area contributed by atoms with Crippen molar-refractivity contribution in [2.75, 3.05) is 5.32 Å². The number of hydrogen-bond donors (Lipinski definition) is 2. The molecule has 1 unspecified atom stereocenters. The Balaban J connectivity index is 0.00000100. The number of benzene rings is 1. The van der Waals surface area contributed by atoms with Crippen LogP contribution in [0.1, 0.15) is 56.5 Å². The Labute approximate surface area is 142 Å². The third kappa shape index (κ3) is 3.42. The molecule has 0 radical (unpaired) electrons. The first kappa shape index (κ1) is 18.0. The van der Waals surface area contributed by atoms with Gasteiger partial charge in [-0.1, -0.05) is 19.9 Å². The average molecular weight is 331 g/mol. The number of carbonyl (C=O) groups excluding carboxylic acids is 3. The van der Waals surface area contributed by atoms with E-state index < -0.39 is 6.04 Å². The number of amides is 3. The fraction of sp³-hybridized carbons (Fsp3) is 0.500. The van der Waals surface area contributed by atoms with Gasteiger partial charge in [0.1, 0.15) is 6.04 Å². The smallest absolute Gasteiger partial charge is 0.255 e. The van der Waals surface area contributed by atoms with E-state index in [2.05, 4.69) is 10.6 Å². The maximum Gasteiger partial charge on any atom is 0.255 e. The zero-order valence-corrected chi connectivity index (χ0v) is 14.7. The predicted molar refractivity (Wildman–Crippen MR) is 92.6 cm³/mol. The molecule has 1 atom stereocenters. The molecule has 3 rings (SSSR count). The normalized spacial score (nSPS) is 19.6. The minimum Gasteiger partial charge on any atom is -0.383 e. The van der Waals surface area contributed by atoms with Crippen LogP contribution in [0.3, 0.4) is 0 Å². The maximum atomic E-state index is 12.6. The van der Waals surface area contributed by atoms with Crippen LogP contribution in [0.5, 0.6) is 0 Å². The second kappa shape index (κ2) is 7.47. The molecule has 0 saturated carbocycles. The van der Waals surface area contributed by atoms with Crippen molar-refractivity contribution in [2.45, 2.75) is 59.2 Å². The fourth-order valence-corrected chi connectivity index (χ4v) is 3.03. The molecule has 24 heavy (non-hydrogen) atoms. The first-order valence-electron chi connectivity index (χ1n) is 8.50. The summed E-state index contributed by atoms with van der Waals surface area (Å²) in [6.45, 7) is 8.47. The zero-order valence-electron chi connectivity index (χ0n) is 14.7. The standard InChI is InChI=1S/C16H19N3O3.C2H6/c1-9(2)17-12-5-3-4-10-11(12)8-19(16(10)22)13-6-7-14(20)18-15(13)21;1-2/h3-5,9,13,17H,6-8H2,1-2H3,(H,18,20,21);1-2H3. The number of imide groups is 1. The summed E-state index contributed by atoms with van der Waals surface area (Å²) in [6, 6.07) is 5.26. The van der Waals surface area contributed by atoms with E-state index in [-0.39, 0.29) is 30.2 Å². The molecule has 2 aliphatic heterocycles. The van der Waals surface area contributed by atoms with Gasteiger partial charge >= 0.3 is 0 Å². The number of hydrogen-bond acceptors (Lipinski definition) is 4. The molecule has 6 nitrogen and oxygen atoms in total. The van der Waals surface area contributed by atoms with E-state index in [0.717, 1.165) is 11.3 Å². The maximum absolute atomic E-state index is 12.6. The minimum absolute atomic E-state index is 0.142. The molecule has 2 aliphatic rings. The molecule has 0 bridgehead atoms. The van der Waals surface area contributed by atoms with Gasteiger partial charge in [-0.3, -0.25) is 19.7 Å². The Hall–Kier alpha value is -2.37. The number of anilines is 1. The van der Waals surface area contributed by atoms with Gasteiger partial charge in [-0.2, -0.15) is 0 Å². The summed E-state index contributed by atoms with van der Waals surface area (Å²) in [6.07, 6.45) is 0.658. The Morgan fingerprint density at radius 3 is 2.54 bits per heavy atom. The molecule has 0 spiro atoms. The Kier molecular flexibility index (Phi) is 5.59. The largest absolute Gasteiger partial charge is 0.383 e. The van der Waals surface area contributed by atoms with Crippen LogP contribution in [0.15, 0.2) is 18.2 Å². The van der Waals surface area contributed by atoms with Crippen LogP contribution in [0.25, 0.3) is 0 Å². The Morgan fingerprint density at radius 2 is 1.92 bits per heavy atom. The van der Waals surface area contributed by atoms with Gasteiger partial charge in [0.05, 0.1) is 0 Å². The van der Waals surface area contributed by atoms with E-state index >= 15 is 0 Å². The number of nitrogens with zero attached hydrogens (tertiary/aromatic N) is 1. The van der Waals surface area contributed by atoms with E-state index in [9.17, 15) is 14.4 Å². The van der Waals surface area contributed by atoms with E-state index in [0.29, 0.717) is 18.5 Å². The van der Waals surface area contributed by atoms with Crippen LogP contribution < -0.4 is 10.6 Å². The van der Waals surface area contributed by atoms with Gasteiger partial charge in [-0.25, -0.2) is 0 Å². The molecule has 0 aliphatic carbocycles. The number of carbonyl (C=O) groups is 3. The second-order valence-electron chi connectivity index (χ2n) is 6.03. The predicted octanol–water partition coefficient (Wildman–Crippen LogP) is 2.29. The highest BCUT2D eigenvalue weighted by molar-refractivity contribution is 6.06. The Morgan fingerprint density at radius 1 is 1.21 bits per heavy atom. The summed E-state index contributed by atoms with van der Waals surface area (Å²) in [5.74, 6) is -0.791. The molecule has 2 N–H and O–H groups in total. The van der Waals surface area contributed by atoms with Crippen LogP contribution in [0, 0.1) is 0 Å². The average Bonchev–Trinajstić information content (AvgIpc) is 2.87. The number of nitrogens with one attached hydrogen (secondary N) is 2. The van der Waals surface area contributed by atoms with Crippen molar-refractivity contribution in [3.8, 4) is 0 Å². The molecule has 1 saturated heterocycles. The summed E-state index contributed by atoms with van der Waals surface area (Å²) < 4.78 is 0. The van der Waals surface area contributed by atoms with Crippen molar-refractivity contribution < 1.29 is 14.4 Å². The van der Waals surface area contributed by atoms with E-state index in [4.69, 9.17) is 0 Å². The summed E-state index contributed by atoms with van der Waals surface area (Å²) in [5, 5.41) is 5.65. The topological polar surface area (TPSA) is 78.5 Å². The molecule has 1 aromatic carbocycles. The fourth-order valence-electron chi connectivity index (χ4n) is 3.03. The molecule has 2 heterocycles. The van der Waals surface area contributed by atoms with Crippen molar-refractivity contribution in [3.63, 3.8) is 0 Å². The monoisotopic (exact) mass is 331 g/mol. The quantitative estimate of drug-likeness (QED) is 0.833. The van der Waals surface area contributed by atoms with Gasteiger partial charge in [0.2, 0.25) is 11.8 Å². The highest BCUT2D eigenvalue weighted by atomic mass is 16.2. The van der Waals surface area contributed by atoms with Crippen LogP contribution in [-0.2, 0) is 16.1 Å². The third-order valence-corrected chi connectivity index (χ3v) is 4.03. The zero-order chi connectivity index (χ0) is 17.9. The van der Waals surface area contributed by atoms with Gasteiger partial charge < -0.3 is 10.2 Å². The number of fused-ring (bicyclic) bond motifs is 1. The summed E-state index contributed by atoms with van der Waals surface area (Å²) in [7, 11) is 0. The molecule has 3 amide bonds. The highest BCUT2D eigenvalue weighted by Crippen LogP contribution is 2.32. The summed E-state index contributed by atoms with van der Waals surface area (Å²) >= 11 is 0. The lowest BCUT2D eigenvalue weighted by Gasteiger charge is -2.29. The summed E-state index contributed by atoms with van der Waals surface area (Å²) in [5.41, 5.74) is 2.48. The molecule has 130 valence electrons. The lowest BCUT2D eigenvalue weighted by molar-refractivity contribution is -0.136. The van der Waals surface area contributed by atoms with E-state index in [1.807, 2.05) is 39.8 Å². The first-order valence-corrected chi connectivity index (χ1v) is 8.50. The SMILES string of the molecule is CC.CC(C)Nc1cccc2c1CN(C1CCC(=O)NC1=O)C2=O. The van der Waals surface area contributed by atoms with Gasteiger partial charge in [0, 0.05) is 35.8 Å². The van der Waals surface area contributed by atoms with Crippen LogP contribution in [-0.4, -0.2) is 34.7 Å². The number of piperidine rings is 1. The van der Waals surface area contributed by atoms with Crippen LogP contribution in [0.4, 0.5) is 5.69 Å². The molecular formula is C18H25N3O3. The van der Waals surface area contributed by atoms with Gasteiger partial charge in [0.25, 0.3) is 5.91 Å². The van der Waals surface area contributed by atoms with Crippen molar-refractivity contribution in [3.05, 3.63) is 29.3 Å². The molecule has 1 fully saturated rings. The lowest BCUT2D eigenvalue weighted by atomic mass is 10.0. The van der Waals surface area contributed by atoms with Crippen molar-refractivity contribution in [1.29, 1.82) is 0 Å². The minimum atomic E-state index is -0.565. The van der Waals surface area contributed by atoms with Crippen LogP contribution >= 0.6 is 0 Å². The van der Waals surface area contributed by atoms with Crippen LogP contribution in [0.2, 0.25) is 0 Å². The lowest BCUT2D eigenvalue weighted by Crippen LogP contribution is -2.52. The van der Waals surface area contributed by atoms with Crippen molar-refractivity contribution in [2.24, 2.45) is 0 Å². The van der Waals surface area contributed by atoms with E-state index in [1.165, 1.54) is 0 Å². The Bertz CT molecular complexity index is 655. The molecule has 1 aromatic rings. The third-order valence-electron chi connectivity index (χ3n) is 4.03. The van der Waals surface area contributed by atoms with Gasteiger partial charge in [0.15, 0.2) is 0 Å². The van der Waals surface area contributed by atoms with Gasteiger partial charge in [-0.15, -0.1) is 0 Å². The van der Waals surface area contributed by atoms with Crippen molar-refractivity contribution in [1.82, 2.24) is 10.2 Å². The molecular weight excluding hydrogens is 306 g/mol. The second-order valence-corrected chi connectivity index (χ2v) is 6.03. The molecule has 6 heteroatoms. The van der Waals surface area contributed by atoms with Crippen molar-refractivity contribution >= 4 is 23.4 Å². The first-order chi connectivity index (χ1) is 11.5. The molecule has 0 aromatic heterocycles.